The van der Waals surface area contributed by atoms with Crippen molar-refractivity contribution in [2.45, 2.75) is 6.92 Å². The number of carbonyl (C=O) groups is 2. The van der Waals surface area contributed by atoms with E-state index >= 15 is 0 Å². The average Bonchev–Trinajstić information content (AvgIpc) is 3.05. The third kappa shape index (κ3) is 3.48. The number of fused-ring (bicyclic) bond motifs is 1. The summed E-state index contributed by atoms with van der Waals surface area (Å²) in [6, 6.07) is 19.5. The van der Waals surface area contributed by atoms with Gasteiger partial charge >= 0.3 is 0 Å². The van der Waals surface area contributed by atoms with Crippen molar-refractivity contribution in [3.63, 3.8) is 0 Å². The molecule has 0 atom stereocenters. The maximum Gasteiger partial charge on any atom is 0.282 e. The molecule has 1 N–H and O–H groups in total. The molecule has 160 valence electrons. The summed E-state index contributed by atoms with van der Waals surface area (Å²) in [5, 5.41) is 3.70. The number of nitrogens with one attached hydrogen (secondary N) is 1. The predicted molar refractivity (Wildman–Crippen MR) is 123 cm³/mol. The number of anilines is 2. The Morgan fingerprint density at radius 2 is 1.62 bits per heavy atom. The van der Waals surface area contributed by atoms with E-state index in [1.807, 2.05) is 31.2 Å². The zero-order valence-electron chi connectivity index (χ0n) is 17.2. The summed E-state index contributed by atoms with van der Waals surface area (Å²) in [7, 11) is 0. The molecule has 0 saturated heterocycles. The number of ether oxygens (including phenoxy) is 2. The van der Waals surface area contributed by atoms with E-state index in [2.05, 4.69) is 5.32 Å². The molecular formula is C25H19ClN2O4. The lowest BCUT2D eigenvalue weighted by molar-refractivity contribution is -0.120. The monoisotopic (exact) mass is 446 g/mol. The molecule has 2 heterocycles. The molecule has 0 radical (unpaired) electrons. The molecule has 3 aromatic rings. The van der Waals surface area contributed by atoms with E-state index in [1.165, 1.54) is 0 Å². The van der Waals surface area contributed by atoms with Gasteiger partial charge < -0.3 is 14.8 Å². The minimum Gasteiger partial charge on any atom is -0.486 e. The molecule has 32 heavy (non-hydrogen) atoms. The van der Waals surface area contributed by atoms with E-state index in [9.17, 15) is 9.59 Å². The Morgan fingerprint density at radius 1 is 0.875 bits per heavy atom. The van der Waals surface area contributed by atoms with Crippen LogP contribution < -0.4 is 19.7 Å². The zero-order valence-corrected chi connectivity index (χ0v) is 18.0. The van der Waals surface area contributed by atoms with Gasteiger partial charge in [-0.3, -0.25) is 9.59 Å². The molecule has 2 aliphatic rings. The van der Waals surface area contributed by atoms with E-state index < -0.39 is 11.8 Å². The van der Waals surface area contributed by atoms with Crippen molar-refractivity contribution >= 4 is 40.4 Å². The molecule has 0 spiro atoms. The third-order valence-corrected chi connectivity index (χ3v) is 5.62. The summed E-state index contributed by atoms with van der Waals surface area (Å²) in [4.78, 5) is 28.3. The van der Waals surface area contributed by atoms with Crippen LogP contribution >= 0.6 is 11.6 Å². The van der Waals surface area contributed by atoms with Gasteiger partial charge in [0.2, 0.25) is 0 Å². The number of halogens is 1. The number of benzene rings is 3. The molecule has 0 fully saturated rings. The molecule has 7 heteroatoms. The lowest BCUT2D eigenvalue weighted by Crippen LogP contribution is -2.32. The Balaban J connectivity index is 1.60. The molecule has 3 aromatic carbocycles. The first kappa shape index (κ1) is 20.2. The van der Waals surface area contributed by atoms with Gasteiger partial charge in [-0.15, -0.1) is 0 Å². The molecule has 0 saturated carbocycles. The highest BCUT2D eigenvalue weighted by atomic mass is 35.5. The molecule has 2 aliphatic heterocycles. The number of rotatable bonds is 4. The maximum absolute atomic E-state index is 13.5. The number of nitrogens with zero attached hydrogens (tertiary/aromatic N) is 1. The van der Waals surface area contributed by atoms with Crippen LogP contribution in [-0.2, 0) is 9.59 Å². The summed E-state index contributed by atoms with van der Waals surface area (Å²) in [6.45, 7) is 2.77. The number of carbonyl (C=O) groups excluding carboxylic acids is 2. The van der Waals surface area contributed by atoms with Crippen LogP contribution in [0.4, 0.5) is 11.4 Å². The van der Waals surface area contributed by atoms with Crippen LogP contribution in [0.15, 0.2) is 72.4 Å². The SMILES string of the molecule is Cc1ccc(Cl)cc1NC1=C(c2ccccc2)C(=O)N(c2ccc3c(c2)OCCO3)C1=O. The fourth-order valence-electron chi connectivity index (χ4n) is 3.79. The standard InChI is InChI=1S/C25H19ClN2O4/c1-15-7-8-17(26)13-19(15)27-23-22(16-5-3-2-4-6-16)24(29)28(25(23)30)18-9-10-20-21(14-18)32-12-11-31-20/h2-10,13-14,27H,11-12H2,1H3. The number of amides is 2. The van der Waals surface area contributed by atoms with Gasteiger partial charge in [-0.25, -0.2) is 4.90 Å². The minimum absolute atomic E-state index is 0.196. The van der Waals surface area contributed by atoms with Crippen LogP contribution in [0.2, 0.25) is 5.02 Å². The van der Waals surface area contributed by atoms with Crippen LogP contribution in [-0.4, -0.2) is 25.0 Å². The molecule has 6 nitrogen and oxygen atoms in total. The Kier molecular flexibility index (Phi) is 5.07. The van der Waals surface area contributed by atoms with Gasteiger partial charge in [0, 0.05) is 16.8 Å². The molecule has 0 aliphatic carbocycles. The van der Waals surface area contributed by atoms with Crippen LogP contribution in [0.3, 0.4) is 0 Å². The van der Waals surface area contributed by atoms with E-state index in [1.54, 1.807) is 42.5 Å². The van der Waals surface area contributed by atoms with E-state index in [4.69, 9.17) is 21.1 Å². The molecule has 0 bridgehead atoms. The predicted octanol–water partition coefficient (Wildman–Crippen LogP) is 4.82. The van der Waals surface area contributed by atoms with Gasteiger partial charge in [0.25, 0.3) is 11.8 Å². The van der Waals surface area contributed by atoms with Crippen molar-refractivity contribution < 1.29 is 19.1 Å². The minimum atomic E-state index is -0.454. The second-order valence-electron chi connectivity index (χ2n) is 7.47. The fraction of sp³-hybridized carbons (Fsp3) is 0.120. The number of hydrogen-bond acceptors (Lipinski definition) is 5. The normalized spacial score (nSPS) is 15.4. The molecular weight excluding hydrogens is 428 g/mol. The fourth-order valence-corrected chi connectivity index (χ4v) is 3.96. The van der Waals surface area contributed by atoms with Crippen LogP contribution in [0, 0.1) is 6.92 Å². The average molecular weight is 447 g/mol. The van der Waals surface area contributed by atoms with Crippen molar-refractivity contribution in [2.75, 3.05) is 23.4 Å². The highest BCUT2D eigenvalue weighted by Gasteiger charge is 2.40. The second kappa shape index (κ2) is 8.05. The molecule has 0 unspecified atom stereocenters. The van der Waals surface area contributed by atoms with Gasteiger partial charge in [0.05, 0.1) is 11.3 Å². The Morgan fingerprint density at radius 3 is 2.41 bits per heavy atom. The van der Waals surface area contributed by atoms with Crippen LogP contribution in [0.1, 0.15) is 11.1 Å². The van der Waals surface area contributed by atoms with Gasteiger partial charge in [-0.1, -0.05) is 48.0 Å². The number of imide groups is 1. The zero-order chi connectivity index (χ0) is 22.2. The van der Waals surface area contributed by atoms with Crippen LogP contribution in [0.25, 0.3) is 5.57 Å². The van der Waals surface area contributed by atoms with Crippen molar-refractivity contribution in [3.8, 4) is 11.5 Å². The topological polar surface area (TPSA) is 67.9 Å². The lowest BCUT2D eigenvalue weighted by Gasteiger charge is -2.21. The first-order chi connectivity index (χ1) is 15.5. The van der Waals surface area contributed by atoms with E-state index in [0.29, 0.717) is 52.2 Å². The summed E-state index contributed by atoms with van der Waals surface area (Å²) in [6.07, 6.45) is 0. The second-order valence-corrected chi connectivity index (χ2v) is 7.91. The van der Waals surface area contributed by atoms with E-state index in [-0.39, 0.29) is 5.70 Å². The van der Waals surface area contributed by atoms with Crippen molar-refractivity contribution in [1.82, 2.24) is 0 Å². The highest BCUT2D eigenvalue weighted by Crippen LogP contribution is 2.39. The Bertz CT molecular complexity index is 1270. The lowest BCUT2D eigenvalue weighted by atomic mass is 10.0. The van der Waals surface area contributed by atoms with Gasteiger partial charge in [0.15, 0.2) is 11.5 Å². The first-order valence-corrected chi connectivity index (χ1v) is 10.5. The summed E-state index contributed by atoms with van der Waals surface area (Å²) in [5.74, 6) is 0.218. The summed E-state index contributed by atoms with van der Waals surface area (Å²) >= 11 is 6.17. The summed E-state index contributed by atoms with van der Waals surface area (Å²) in [5.41, 5.74) is 3.11. The summed E-state index contributed by atoms with van der Waals surface area (Å²) < 4.78 is 11.2. The maximum atomic E-state index is 13.5. The van der Waals surface area contributed by atoms with Gasteiger partial charge in [-0.2, -0.15) is 0 Å². The molecule has 0 aromatic heterocycles. The van der Waals surface area contributed by atoms with Crippen molar-refractivity contribution in [2.24, 2.45) is 0 Å². The Hall–Kier alpha value is -3.77. The van der Waals surface area contributed by atoms with Gasteiger partial charge in [0.1, 0.15) is 18.9 Å². The number of hydrogen-bond donors (Lipinski definition) is 1. The third-order valence-electron chi connectivity index (χ3n) is 5.39. The molecule has 2 amide bonds. The van der Waals surface area contributed by atoms with Crippen molar-refractivity contribution in [3.05, 3.63) is 88.6 Å². The smallest absolute Gasteiger partial charge is 0.282 e. The molecule has 5 rings (SSSR count). The van der Waals surface area contributed by atoms with Crippen molar-refractivity contribution in [1.29, 1.82) is 0 Å². The van der Waals surface area contributed by atoms with E-state index in [0.717, 1.165) is 10.5 Å². The van der Waals surface area contributed by atoms with Gasteiger partial charge in [-0.05, 0) is 42.3 Å². The number of aryl methyl sites for hydroxylation is 1. The first-order valence-electron chi connectivity index (χ1n) is 10.1. The quantitative estimate of drug-likeness (QED) is 0.582. The highest BCUT2D eigenvalue weighted by molar-refractivity contribution is 6.46. The largest absolute Gasteiger partial charge is 0.486 e. The Labute approximate surface area is 190 Å². The van der Waals surface area contributed by atoms with Crippen LogP contribution in [0.5, 0.6) is 11.5 Å².